The van der Waals surface area contributed by atoms with Crippen LogP contribution in [0.1, 0.15) is 24.5 Å². The monoisotopic (exact) mass is 214 g/mol. The third-order valence-corrected chi connectivity index (χ3v) is 3.65. The van der Waals surface area contributed by atoms with Crippen molar-refractivity contribution in [1.82, 2.24) is 0 Å². The third kappa shape index (κ3) is 1.67. The molecule has 2 heteroatoms. The van der Waals surface area contributed by atoms with Gasteiger partial charge in [-0.25, -0.2) is 0 Å². The van der Waals surface area contributed by atoms with Crippen molar-refractivity contribution in [2.24, 2.45) is 5.92 Å². The zero-order valence-corrected chi connectivity index (χ0v) is 10.2. The number of hydrogen-bond donors (Lipinski definition) is 0. The summed E-state index contributed by atoms with van der Waals surface area (Å²) in [5.74, 6) is 0.180. The van der Waals surface area contributed by atoms with Gasteiger partial charge in [-0.15, -0.1) is 0 Å². The fraction of sp³-hybridized carbons (Fsp3) is 0.500. The molecule has 0 bridgehead atoms. The Bertz CT molecular complexity index is 411. The molecule has 0 saturated carbocycles. The molecule has 1 fully saturated rings. The molecule has 1 saturated heterocycles. The zero-order valence-electron chi connectivity index (χ0n) is 10.2. The van der Waals surface area contributed by atoms with Crippen molar-refractivity contribution >= 4 is 5.69 Å². The molecule has 0 aromatic heterocycles. The molecule has 0 radical (unpaired) electrons. The van der Waals surface area contributed by atoms with E-state index in [4.69, 9.17) is 5.26 Å². The minimum Gasteiger partial charge on any atom is -0.367 e. The lowest BCUT2D eigenvalue weighted by Gasteiger charge is -2.28. The third-order valence-electron chi connectivity index (χ3n) is 3.65. The van der Waals surface area contributed by atoms with E-state index >= 15 is 0 Å². The summed E-state index contributed by atoms with van der Waals surface area (Å²) in [5, 5.41) is 9.06. The van der Waals surface area contributed by atoms with E-state index in [1.807, 2.05) is 0 Å². The maximum Gasteiger partial charge on any atom is 0.0681 e. The first-order chi connectivity index (χ1) is 7.65. The maximum atomic E-state index is 9.06. The largest absolute Gasteiger partial charge is 0.367 e. The van der Waals surface area contributed by atoms with Crippen molar-refractivity contribution in [1.29, 1.82) is 5.26 Å². The van der Waals surface area contributed by atoms with E-state index < -0.39 is 0 Å². The van der Waals surface area contributed by atoms with Gasteiger partial charge in [0.25, 0.3) is 0 Å². The highest BCUT2D eigenvalue weighted by Crippen LogP contribution is 2.33. The van der Waals surface area contributed by atoms with Crippen molar-refractivity contribution in [3.63, 3.8) is 0 Å². The molecule has 84 valence electrons. The van der Waals surface area contributed by atoms with Gasteiger partial charge in [0, 0.05) is 18.3 Å². The molecule has 0 N–H and O–H groups in total. The molecule has 2 atom stereocenters. The predicted molar refractivity (Wildman–Crippen MR) is 66.4 cm³/mol. The second kappa shape index (κ2) is 4.17. The number of aryl methyl sites for hydroxylation is 2. The molecule has 0 amide bonds. The Labute approximate surface area is 97.5 Å². The van der Waals surface area contributed by atoms with Gasteiger partial charge in [0.05, 0.1) is 12.0 Å². The summed E-state index contributed by atoms with van der Waals surface area (Å²) < 4.78 is 0. The average molecular weight is 214 g/mol. The van der Waals surface area contributed by atoms with Crippen LogP contribution in [0.25, 0.3) is 0 Å². The SMILES string of the molecule is Cc1cccc(C)c1N1CCC(C#N)C1C. The van der Waals surface area contributed by atoms with Crippen molar-refractivity contribution < 1.29 is 0 Å². The summed E-state index contributed by atoms with van der Waals surface area (Å²) in [5.41, 5.74) is 3.95. The lowest BCUT2D eigenvalue weighted by Crippen LogP contribution is -2.30. The van der Waals surface area contributed by atoms with Crippen molar-refractivity contribution in [2.75, 3.05) is 11.4 Å². The van der Waals surface area contributed by atoms with Gasteiger partial charge in [-0.2, -0.15) is 5.26 Å². The Kier molecular flexibility index (Phi) is 2.87. The highest BCUT2D eigenvalue weighted by atomic mass is 15.2. The van der Waals surface area contributed by atoms with Gasteiger partial charge < -0.3 is 4.90 Å². The van der Waals surface area contributed by atoms with Crippen molar-refractivity contribution in [3.8, 4) is 6.07 Å². The van der Waals surface area contributed by atoms with Gasteiger partial charge in [-0.05, 0) is 38.3 Å². The van der Waals surface area contributed by atoms with Gasteiger partial charge >= 0.3 is 0 Å². The molecule has 16 heavy (non-hydrogen) atoms. The Hall–Kier alpha value is -1.49. The topological polar surface area (TPSA) is 27.0 Å². The van der Waals surface area contributed by atoms with E-state index in [2.05, 4.69) is 49.9 Å². The van der Waals surface area contributed by atoms with Gasteiger partial charge in [0.2, 0.25) is 0 Å². The summed E-state index contributed by atoms with van der Waals surface area (Å²) in [6, 6.07) is 9.14. The molecule has 1 aliphatic heterocycles. The number of nitriles is 1. The maximum absolute atomic E-state index is 9.06. The molecule has 1 heterocycles. The first-order valence-electron chi connectivity index (χ1n) is 5.87. The number of rotatable bonds is 1. The van der Waals surface area contributed by atoms with Crippen LogP contribution in [0.3, 0.4) is 0 Å². The van der Waals surface area contributed by atoms with Crippen molar-refractivity contribution in [2.45, 2.75) is 33.2 Å². The van der Waals surface area contributed by atoms with E-state index in [1.165, 1.54) is 16.8 Å². The van der Waals surface area contributed by atoms with Crippen molar-refractivity contribution in [3.05, 3.63) is 29.3 Å². The molecular weight excluding hydrogens is 196 g/mol. The minimum absolute atomic E-state index is 0.180. The van der Waals surface area contributed by atoms with E-state index in [1.54, 1.807) is 0 Å². The van der Waals surface area contributed by atoms with Crippen LogP contribution >= 0.6 is 0 Å². The zero-order chi connectivity index (χ0) is 11.7. The van der Waals surface area contributed by atoms with Crippen LogP contribution in [-0.4, -0.2) is 12.6 Å². The van der Waals surface area contributed by atoms with Crippen LogP contribution in [0.4, 0.5) is 5.69 Å². The first kappa shape index (κ1) is 11.0. The van der Waals surface area contributed by atoms with Crippen LogP contribution < -0.4 is 4.90 Å². The average Bonchev–Trinajstić information content (AvgIpc) is 2.60. The molecule has 1 aromatic rings. The Balaban J connectivity index is 2.36. The summed E-state index contributed by atoms with van der Waals surface area (Å²) in [7, 11) is 0. The number of para-hydroxylation sites is 1. The molecule has 2 unspecified atom stereocenters. The molecule has 0 spiro atoms. The number of benzene rings is 1. The van der Waals surface area contributed by atoms with Crippen LogP contribution in [0.15, 0.2) is 18.2 Å². The second-order valence-corrected chi connectivity index (χ2v) is 4.70. The normalized spacial score (nSPS) is 24.5. The summed E-state index contributed by atoms with van der Waals surface area (Å²) >= 11 is 0. The Morgan fingerprint density at radius 2 is 1.94 bits per heavy atom. The van der Waals surface area contributed by atoms with Crippen LogP contribution in [0, 0.1) is 31.1 Å². The number of hydrogen-bond acceptors (Lipinski definition) is 2. The lowest BCUT2D eigenvalue weighted by molar-refractivity contribution is 0.614. The fourth-order valence-electron chi connectivity index (χ4n) is 2.69. The second-order valence-electron chi connectivity index (χ2n) is 4.70. The molecule has 1 aromatic carbocycles. The number of nitrogens with zero attached hydrogens (tertiary/aromatic N) is 2. The molecule has 2 rings (SSSR count). The standard InChI is InChI=1S/C14H18N2/c1-10-5-4-6-11(2)14(10)16-8-7-13(9-15)12(16)3/h4-6,12-13H,7-8H2,1-3H3. The van der Waals surface area contributed by atoms with Gasteiger partial charge in [0.15, 0.2) is 0 Å². The number of anilines is 1. The highest BCUT2D eigenvalue weighted by molar-refractivity contribution is 5.60. The van der Waals surface area contributed by atoms with Crippen LogP contribution in [0.2, 0.25) is 0 Å². The molecular formula is C14H18N2. The summed E-state index contributed by atoms with van der Waals surface area (Å²) in [6.07, 6.45) is 0.992. The summed E-state index contributed by atoms with van der Waals surface area (Å²) in [6.45, 7) is 7.46. The fourth-order valence-corrected chi connectivity index (χ4v) is 2.69. The highest BCUT2D eigenvalue weighted by Gasteiger charge is 2.31. The van der Waals surface area contributed by atoms with E-state index in [-0.39, 0.29) is 5.92 Å². The lowest BCUT2D eigenvalue weighted by atomic mass is 10.0. The van der Waals surface area contributed by atoms with E-state index in [0.717, 1.165) is 13.0 Å². The predicted octanol–water partition coefficient (Wildman–Crippen LogP) is 3.04. The van der Waals surface area contributed by atoms with Gasteiger partial charge in [0.1, 0.15) is 0 Å². The minimum atomic E-state index is 0.180. The molecule has 2 nitrogen and oxygen atoms in total. The van der Waals surface area contributed by atoms with E-state index in [0.29, 0.717) is 6.04 Å². The van der Waals surface area contributed by atoms with Gasteiger partial charge in [-0.1, -0.05) is 18.2 Å². The first-order valence-corrected chi connectivity index (χ1v) is 5.87. The summed E-state index contributed by atoms with van der Waals surface area (Å²) in [4.78, 5) is 2.39. The van der Waals surface area contributed by atoms with Crippen LogP contribution in [0.5, 0.6) is 0 Å². The quantitative estimate of drug-likeness (QED) is 0.718. The van der Waals surface area contributed by atoms with E-state index in [9.17, 15) is 0 Å². The smallest absolute Gasteiger partial charge is 0.0681 e. The Morgan fingerprint density at radius 3 is 2.44 bits per heavy atom. The molecule has 1 aliphatic rings. The molecule has 0 aliphatic carbocycles. The van der Waals surface area contributed by atoms with Crippen LogP contribution in [-0.2, 0) is 0 Å². The van der Waals surface area contributed by atoms with Gasteiger partial charge in [-0.3, -0.25) is 0 Å². The Morgan fingerprint density at radius 1 is 1.31 bits per heavy atom.